The lowest BCUT2D eigenvalue weighted by atomic mass is 10.1. The molecule has 0 N–H and O–H groups in total. The fourth-order valence-corrected chi connectivity index (χ4v) is 2.41. The number of para-hydroxylation sites is 1. The summed E-state index contributed by atoms with van der Waals surface area (Å²) in [5.74, 6) is -0.273. The lowest BCUT2D eigenvalue weighted by Gasteiger charge is -2.04. The maximum absolute atomic E-state index is 13.6. The fourth-order valence-electron chi connectivity index (χ4n) is 2.41. The van der Waals surface area contributed by atoms with Gasteiger partial charge in [-0.2, -0.15) is 5.26 Å². The highest BCUT2D eigenvalue weighted by atomic mass is 19.1. The van der Waals surface area contributed by atoms with Gasteiger partial charge in [-0.15, -0.1) is 0 Å². The molecule has 0 aliphatic heterocycles. The molecule has 0 saturated heterocycles. The third-order valence-corrected chi connectivity index (χ3v) is 3.38. The van der Waals surface area contributed by atoms with Crippen molar-refractivity contribution in [1.82, 2.24) is 4.57 Å². The molecular formula is C18H13FN2. The minimum atomic E-state index is -0.273. The zero-order chi connectivity index (χ0) is 14.8. The van der Waals surface area contributed by atoms with E-state index in [1.54, 1.807) is 13.0 Å². The molecule has 102 valence electrons. The summed E-state index contributed by atoms with van der Waals surface area (Å²) in [4.78, 5) is 0. The van der Waals surface area contributed by atoms with Crippen LogP contribution in [0.4, 0.5) is 4.39 Å². The van der Waals surface area contributed by atoms with Crippen LogP contribution in [0.1, 0.15) is 12.5 Å². The van der Waals surface area contributed by atoms with Crippen molar-refractivity contribution >= 4 is 17.0 Å². The van der Waals surface area contributed by atoms with Gasteiger partial charge in [-0.25, -0.2) is 4.39 Å². The monoisotopic (exact) mass is 276 g/mol. The van der Waals surface area contributed by atoms with E-state index in [-0.39, 0.29) is 5.82 Å². The van der Waals surface area contributed by atoms with E-state index in [0.717, 1.165) is 22.2 Å². The Morgan fingerprint density at radius 3 is 2.67 bits per heavy atom. The number of halogens is 1. The van der Waals surface area contributed by atoms with Crippen LogP contribution in [0.15, 0.2) is 60.3 Å². The SMILES string of the molecule is C/C(C#N)=C/c1cn(-c2ccccc2)c2cc(F)ccc12. The van der Waals surface area contributed by atoms with Gasteiger partial charge in [0, 0.05) is 28.4 Å². The minimum Gasteiger partial charge on any atom is -0.316 e. The quantitative estimate of drug-likeness (QED) is 0.624. The van der Waals surface area contributed by atoms with E-state index in [9.17, 15) is 4.39 Å². The molecule has 0 unspecified atom stereocenters. The topological polar surface area (TPSA) is 28.7 Å². The Morgan fingerprint density at radius 2 is 1.95 bits per heavy atom. The standard InChI is InChI=1S/C18H13FN2/c1-13(11-20)9-14-12-21(16-5-3-2-4-6-16)18-10-15(19)7-8-17(14)18/h2-10,12H,1H3/b13-9-. The van der Waals surface area contributed by atoms with Gasteiger partial charge in [-0.05, 0) is 43.3 Å². The van der Waals surface area contributed by atoms with E-state index in [2.05, 4.69) is 6.07 Å². The molecule has 0 spiro atoms. The molecule has 0 aliphatic carbocycles. The molecule has 2 aromatic carbocycles. The summed E-state index contributed by atoms with van der Waals surface area (Å²) < 4.78 is 15.5. The first kappa shape index (κ1) is 13.1. The van der Waals surface area contributed by atoms with Crippen LogP contribution >= 0.6 is 0 Å². The Hall–Kier alpha value is -2.86. The van der Waals surface area contributed by atoms with Crippen LogP contribution in [-0.2, 0) is 0 Å². The normalized spacial score (nSPS) is 11.6. The molecule has 21 heavy (non-hydrogen) atoms. The van der Waals surface area contributed by atoms with Gasteiger partial charge >= 0.3 is 0 Å². The predicted molar refractivity (Wildman–Crippen MR) is 82.5 cm³/mol. The molecule has 3 aromatic rings. The number of hydrogen-bond acceptors (Lipinski definition) is 1. The number of nitriles is 1. The number of nitrogens with zero attached hydrogens (tertiary/aromatic N) is 2. The van der Waals surface area contributed by atoms with E-state index >= 15 is 0 Å². The highest BCUT2D eigenvalue weighted by Crippen LogP contribution is 2.27. The molecule has 0 amide bonds. The first-order chi connectivity index (χ1) is 10.2. The molecule has 1 aromatic heterocycles. The molecule has 2 nitrogen and oxygen atoms in total. The third kappa shape index (κ3) is 2.44. The second-order valence-corrected chi connectivity index (χ2v) is 4.89. The van der Waals surface area contributed by atoms with Crippen molar-refractivity contribution in [1.29, 1.82) is 5.26 Å². The van der Waals surface area contributed by atoms with E-state index in [1.807, 2.05) is 47.2 Å². The van der Waals surface area contributed by atoms with Gasteiger partial charge in [-0.1, -0.05) is 18.2 Å². The van der Waals surface area contributed by atoms with Crippen LogP contribution in [0.5, 0.6) is 0 Å². The van der Waals surface area contributed by atoms with Crippen molar-refractivity contribution in [2.24, 2.45) is 0 Å². The van der Waals surface area contributed by atoms with Gasteiger partial charge in [-0.3, -0.25) is 0 Å². The summed E-state index contributed by atoms with van der Waals surface area (Å²) in [7, 11) is 0. The smallest absolute Gasteiger partial charge is 0.125 e. The van der Waals surface area contributed by atoms with Gasteiger partial charge < -0.3 is 4.57 Å². The zero-order valence-electron chi connectivity index (χ0n) is 11.5. The molecule has 0 atom stereocenters. The minimum absolute atomic E-state index is 0.273. The van der Waals surface area contributed by atoms with E-state index in [4.69, 9.17) is 5.26 Å². The summed E-state index contributed by atoms with van der Waals surface area (Å²) in [5.41, 5.74) is 3.28. The number of rotatable bonds is 2. The summed E-state index contributed by atoms with van der Waals surface area (Å²) in [6, 6.07) is 16.6. The van der Waals surface area contributed by atoms with Crippen molar-refractivity contribution in [3.8, 4) is 11.8 Å². The van der Waals surface area contributed by atoms with Crippen molar-refractivity contribution in [3.63, 3.8) is 0 Å². The molecule has 0 aliphatic rings. The molecule has 3 heteroatoms. The molecule has 0 saturated carbocycles. The molecular weight excluding hydrogens is 263 g/mol. The van der Waals surface area contributed by atoms with Crippen LogP contribution in [-0.4, -0.2) is 4.57 Å². The highest BCUT2D eigenvalue weighted by Gasteiger charge is 2.09. The average molecular weight is 276 g/mol. The molecule has 0 bridgehead atoms. The summed E-state index contributed by atoms with van der Waals surface area (Å²) >= 11 is 0. The predicted octanol–water partition coefficient (Wildman–Crippen LogP) is 4.70. The van der Waals surface area contributed by atoms with Gasteiger partial charge in [0.2, 0.25) is 0 Å². The van der Waals surface area contributed by atoms with Gasteiger partial charge in [0.1, 0.15) is 5.82 Å². The van der Waals surface area contributed by atoms with Crippen LogP contribution in [0, 0.1) is 17.1 Å². The lowest BCUT2D eigenvalue weighted by molar-refractivity contribution is 0.629. The van der Waals surface area contributed by atoms with E-state index in [1.165, 1.54) is 12.1 Å². The summed E-state index contributed by atoms with van der Waals surface area (Å²) in [6.45, 7) is 1.76. The Kier molecular flexibility index (Phi) is 3.29. The summed E-state index contributed by atoms with van der Waals surface area (Å²) in [6.07, 6.45) is 3.75. The Balaban J connectivity index is 2.31. The maximum atomic E-state index is 13.6. The van der Waals surface area contributed by atoms with E-state index < -0.39 is 0 Å². The zero-order valence-corrected chi connectivity index (χ0v) is 11.5. The van der Waals surface area contributed by atoms with Crippen molar-refractivity contribution in [2.75, 3.05) is 0 Å². The molecule has 3 rings (SSSR count). The highest BCUT2D eigenvalue weighted by molar-refractivity contribution is 5.91. The number of hydrogen-bond donors (Lipinski definition) is 0. The average Bonchev–Trinajstić information content (AvgIpc) is 2.86. The van der Waals surface area contributed by atoms with E-state index in [0.29, 0.717) is 5.57 Å². The number of allylic oxidation sites excluding steroid dienone is 1. The third-order valence-electron chi connectivity index (χ3n) is 3.38. The second kappa shape index (κ2) is 5.26. The van der Waals surface area contributed by atoms with Crippen LogP contribution in [0.3, 0.4) is 0 Å². The van der Waals surface area contributed by atoms with Crippen LogP contribution < -0.4 is 0 Å². The Morgan fingerprint density at radius 1 is 1.19 bits per heavy atom. The Bertz CT molecular complexity index is 867. The lowest BCUT2D eigenvalue weighted by Crippen LogP contribution is -1.91. The molecule has 0 radical (unpaired) electrons. The van der Waals surface area contributed by atoms with Crippen molar-refractivity contribution in [2.45, 2.75) is 6.92 Å². The second-order valence-electron chi connectivity index (χ2n) is 4.89. The van der Waals surface area contributed by atoms with Crippen molar-refractivity contribution in [3.05, 3.63) is 71.7 Å². The summed E-state index contributed by atoms with van der Waals surface area (Å²) in [5, 5.41) is 9.88. The number of benzene rings is 2. The molecule has 1 heterocycles. The Labute approximate surface area is 122 Å². The largest absolute Gasteiger partial charge is 0.316 e. The number of fused-ring (bicyclic) bond motifs is 1. The first-order valence-electron chi connectivity index (χ1n) is 6.63. The number of aromatic nitrogens is 1. The van der Waals surface area contributed by atoms with Crippen LogP contribution in [0.25, 0.3) is 22.7 Å². The first-order valence-corrected chi connectivity index (χ1v) is 6.63. The fraction of sp³-hybridized carbons (Fsp3) is 0.0556. The molecule has 0 fully saturated rings. The van der Waals surface area contributed by atoms with Gasteiger partial charge in [0.15, 0.2) is 0 Å². The van der Waals surface area contributed by atoms with Gasteiger partial charge in [0.05, 0.1) is 11.6 Å². The van der Waals surface area contributed by atoms with Gasteiger partial charge in [0.25, 0.3) is 0 Å². The van der Waals surface area contributed by atoms with Crippen LogP contribution in [0.2, 0.25) is 0 Å². The maximum Gasteiger partial charge on any atom is 0.125 e. The van der Waals surface area contributed by atoms with Crippen molar-refractivity contribution < 1.29 is 4.39 Å².